The van der Waals surface area contributed by atoms with E-state index in [0.717, 1.165) is 12.3 Å². The second-order valence-electron chi connectivity index (χ2n) is 7.04. The zero-order valence-corrected chi connectivity index (χ0v) is 11.6. The number of nitrogens with two attached hydrogens (primary N) is 1. The number of hydrogen-bond acceptors (Lipinski definition) is 5. The van der Waals surface area contributed by atoms with Crippen LogP contribution < -0.4 is 5.73 Å². The lowest BCUT2D eigenvalue weighted by Crippen LogP contribution is -2.64. The molecular weight excluding hydrogens is 245 g/mol. The van der Waals surface area contributed by atoms with Crippen molar-refractivity contribution in [2.24, 2.45) is 23.0 Å². The maximum Gasteiger partial charge on any atom is 0.640 e. The van der Waals surface area contributed by atoms with Crippen molar-refractivity contribution in [3.05, 3.63) is 0 Å². The molecule has 6 heteroatoms. The van der Waals surface area contributed by atoms with E-state index in [1.807, 2.05) is 0 Å². The predicted molar refractivity (Wildman–Crippen MR) is 69.2 cm³/mol. The molecule has 2 unspecified atom stereocenters. The molecule has 19 heavy (non-hydrogen) atoms. The van der Waals surface area contributed by atoms with E-state index in [1.165, 1.54) is 6.42 Å². The molecule has 2 aliphatic heterocycles. The van der Waals surface area contributed by atoms with Gasteiger partial charge in [-0.15, -0.1) is 0 Å². The van der Waals surface area contributed by atoms with Crippen LogP contribution in [0.25, 0.3) is 0 Å². The van der Waals surface area contributed by atoms with E-state index in [9.17, 15) is 0 Å². The highest BCUT2D eigenvalue weighted by atomic mass is 16.8. The summed E-state index contributed by atoms with van der Waals surface area (Å²) in [7, 11) is -0.553. The van der Waals surface area contributed by atoms with E-state index in [0.29, 0.717) is 24.5 Å². The molecule has 2 N–H and O–H groups in total. The number of hydrogen-bond donors (Lipinski definition) is 1. The van der Waals surface area contributed by atoms with Gasteiger partial charge in [-0.2, -0.15) is 0 Å². The molecule has 3 saturated carbocycles. The Balaban J connectivity index is 1.42. The molecule has 5 nitrogen and oxygen atoms in total. The van der Waals surface area contributed by atoms with E-state index in [2.05, 4.69) is 13.8 Å². The number of fused-ring (bicyclic) bond motifs is 3. The van der Waals surface area contributed by atoms with Gasteiger partial charge in [0.2, 0.25) is 0 Å². The summed E-state index contributed by atoms with van der Waals surface area (Å²) in [6.45, 7) is 5.87. The maximum absolute atomic E-state index is 6.25. The molecule has 2 saturated heterocycles. The summed E-state index contributed by atoms with van der Waals surface area (Å²) in [6, 6.07) is 0.112. The van der Waals surface area contributed by atoms with Crippen LogP contribution in [0, 0.1) is 17.3 Å². The fourth-order valence-electron chi connectivity index (χ4n) is 4.25. The Kier molecular flexibility index (Phi) is 2.77. The molecular formula is C13H22BNO4. The summed E-state index contributed by atoms with van der Waals surface area (Å²) >= 11 is 0. The molecule has 5 aliphatic rings. The Morgan fingerprint density at radius 2 is 1.84 bits per heavy atom. The first kappa shape index (κ1) is 12.6. The standard InChI is InChI=1S/C13H22BNO4/c1-13(2)7-3-8(13)12(9(15)4-7)19-14-17-10-5-16-6-11(10)18-14/h7-12H,3-6,15H2,1-2H3/t7-,8+,9-,10?,11?,12+/m1/s1. The molecule has 0 aromatic carbocycles. The number of rotatable bonds is 2. The molecule has 6 atom stereocenters. The maximum atomic E-state index is 6.25. The SMILES string of the molecule is CC1(C)[C@H]2C[C@@H](N)[C@@H](OB3OC4COCC4O3)[C@@H]1C2. The van der Waals surface area contributed by atoms with Gasteiger partial charge in [-0.1, -0.05) is 13.8 Å². The van der Waals surface area contributed by atoms with Crippen molar-refractivity contribution in [2.45, 2.75) is 51.0 Å². The van der Waals surface area contributed by atoms with Crippen molar-refractivity contribution in [3.8, 4) is 0 Å². The summed E-state index contributed by atoms with van der Waals surface area (Å²) in [5.74, 6) is 1.29. The van der Waals surface area contributed by atoms with Crippen LogP contribution in [0.15, 0.2) is 0 Å². The molecule has 0 aromatic rings. The van der Waals surface area contributed by atoms with Crippen molar-refractivity contribution < 1.29 is 18.7 Å². The summed E-state index contributed by atoms with van der Waals surface area (Å²) in [5, 5.41) is 0. The number of ether oxygens (including phenoxy) is 1. The summed E-state index contributed by atoms with van der Waals surface area (Å²) in [4.78, 5) is 0. The quantitative estimate of drug-likeness (QED) is 0.741. The van der Waals surface area contributed by atoms with Crippen LogP contribution in [-0.2, 0) is 18.7 Å². The molecule has 2 heterocycles. The Labute approximate surface area is 114 Å². The van der Waals surface area contributed by atoms with Crippen LogP contribution in [0.1, 0.15) is 26.7 Å². The fourth-order valence-corrected chi connectivity index (χ4v) is 4.25. The second-order valence-corrected chi connectivity index (χ2v) is 7.04. The highest BCUT2D eigenvalue weighted by Crippen LogP contribution is 2.59. The van der Waals surface area contributed by atoms with Crippen molar-refractivity contribution in [1.29, 1.82) is 0 Å². The van der Waals surface area contributed by atoms with Gasteiger partial charge in [0, 0.05) is 6.04 Å². The molecule has 0 radical (unpaired) electrons. The van der Waals surface area contributed by atoms with E-state index in [4.69, 9.17) is 24.4 Å². The van der Waals surface area contributed by atoms with E-state index in [-0.39, 0.29) is 24.4 Å². The van der Waals surface area contributed by atoms with Crippen LogP contribution in [0.5, 0.6) is 0 Å². The summed E-state index contributed by atoms with van der Waals surface area (Å²) in [5.41, 5.74) is 6.60. The van der Waals surface area contributed by atoms with E-state index >= 15 is 0 Å². The first-order chi connectivity index (χ1) is 9.05. The molecule has 0 aromatic heterocycles. The monoisotopic (exact) mass is 267 g/mol. The Bertz CT molecular complexity index is 368. The average molecular weight is 267 g/mol. The van der Waals surface area contributed by atoms with Crippen LogP contribution >= 0.6 is 0 Å². The first-order valence-electron chi connectivity index (χ1n) is 7.35. The lowest BCUT2D eigenvalue weighted by molar-refractivity contribution is -0.150. The molecule has 5 fully saturated rings. The third kappa shape index (κ3) is 1.81. The van der Waals surface area contributed by atoms with Crippen LogP contribution in [0.4, 0.5) is 0 Å². The van der Waals surface area contributed by atoms with Crippen molar-refractivity contribution in [1.82, 2.24) is 0 Å². The van der Waals surface area contributed by atoms with Crippen molar-refractivity contribution >= 4 is 7.32 Å². The van der Waals surface area contributed by atoms with Crippen LogP contribution in [-0.4, -0.2) is 44.9 Å². The minimum atomic E-state index is -0.553. The highest BCUT2D eigenvalue weighted by molar-refractivity contribution is 6.37. The molecule has 3 aliphatic carbocycles. The summed E-state index contributed by atoms with van der Waals surface area (Å²) in [6.07, 6.45) is 2.41. The molecule has 2 bridgehead atoms. The Hall–Kier alpha value is -0.135. The lowest BCUT2D eigenvalue weighted by Gasteiger charge is -2.61. The van der Waals surface area contributed by atoms with E-state index < -0.39 is 7.32 Å². The largest absolute Gasteiger partial charge is 0.640 e. The molecule has 5 rings (SSSR count). The predicted octanol–water partition coefficient (Wildman–Crippen LogP) is 0.564. The highest BCUT2D eigenvalue weighted by Gasteiger charge is 2.59. The third-order valence-corrected chi connectivity index (χ3v) is 5.74. The normalized spacial score (nSPS) is 51.0. The smallest absolute Gasteiger partial charge is 0.381 e. The molecule has 106 valence electrons. The Morgan fingerprint density at radius 3 is 2.47 bits per heavy atom. The second kappa shape index (κ2) is 4.18. The zero-order valence-electron chi connectivity index (χ0n) is 11.6. The van der Waals surface area contributed by atoms with Crippen LogP contribution in [0.2, 0.25) is 0 Å². The minimum Gasteiger partial charge on any atom is -0.381 e. The van der Waals surface area contributed by atoms with Crippen molar-refractivity contribution in [3.63, 3.8) is 0 Å². The van der Waals surface area contributed by atoms with Crippen LogP contribution in [0.3, 0.4) is 0 Å². The van der Waals surface area contributed by atoms with E-state index in [1.54, 1.807) is 0 Å². The van der Waals surface area contributed by atoms with Gasteiger partial charge in [-0.3, -0.25) is 0 Å². The van der Waals surface area contributed by atoms with Gasteiger partial charge < -0.3 is 24.4 Å². The van der Waals surface area contributed by atoms with Gasteiger partial charge in [0.25, 0.3) is 0 Å². The lowest BCUT2D eigenvalue weighted by atomic mass is 9.47. The topological polar surface area (TPSA) is 62.9 Å². The first-order valence-corrected chi connectivity index (χ1v) is 7.35. The summed E-state index contributed by atoms with van der Waals surface area (Å²) < 4.78 is 22.9. The third-order valence-electron chi connectivity index (χ3n) is 5.74. The van der Waals surface area contributed by atoms with Gasteiger partial charge in [0.15, 0.2) is 0 Å². The van der Waals surface area contributed by atoms with Crippen molar-refractivity contribution in [2.75, 3.05) is 13.2 Å². The fraction of sp³-hybridized carbons (Fsp3) is 1.00. The van der Waals surface area contributed by atoms with Gasteiger partial charge >= 0.3 is 7.32 Å². The van der Waals surface area contributed by atoms with Gasteiger partial charge in [-0.05, 0) is 30.1 Å². The van der Waals surface area contributed by atoms with Gasteiger partial charge in [-0.25, -0.2) is 0 Å². The zero-order chi connectivity index (χ0) is 13.2. The minimum absolute atomic E-state index is 0.0342. The van der Waals surface area contributed by atoms with Gasteiger partial charge in [0.05, 0.1) is 31.5 Å². The van der Waals surface area contributed by atoms with Gasteiger partial charge in [0.1, 0.15) is 0 Å². The molecule has 0 amide bonds. The Morgan fingerprint density at radius 1 is 1.16 bits per heavy atom. The average Bonchev–Trinajstić information content (AvgIpc) is 2.91. The molecule has 0 spiro atoms.